The number of hydrogen-bond donors (Lipinski definition) is 1. The van der Waals surface area contributed by atoms with E-state index in [1.54, 1.807) is 0 Å². The molecule has 0 radical (unpaired) electrons. The summed E-state index contributed by atoms with van der Waals surface area (Å²) < 4.78 is 7.74. The van der Waals surface area contributed by atoms with Crippen molar-refractivity contribution in [3.8, 4) is 17.0 Å². The smallest absolute Gasteiger partial charge is 0.140 e. The van der Waals surface area contributed by atoms with E-state index in [0.29, 0.717) is 6.61 Å². The number of pyridine rings is 1. The molecule has 0 saturated heterocycles. The van der Waals surface area contributed by atoms with Crippen molar-refractivity contribution in [3.63, 3.8) is 0 Å². The summed E-state index contributed by atoms with van der Waals surface area (Å²) >= 11 is 0. The van der Waals surface area contributed by atoms with Crippen molar-refractivity contribution in [2.75, 3.05) is 27.2 Å². The monoisotopic (exact) mass is 363 g/mol. The molecule has 4 aromatic rings. The number of likely N-dealkylation sites (N-methyl/N-ethyl adjacent to an activating group) is 1. The summed E-state index contributed by atoms with van der Waals surface area (Å²) in [4.78, 5) is 10.2. The lowest BCUT2D eigenvalue weighted by atomic mass is 10.0. The Bertz CT molecular complexity index is 1080. The first kappa shape index (κ1) is 17.5. The largest absolute Gasteiger partial charge is 0.492 e. The highest BCUT2D eigenvalue weighted by atomic mass is 16.5. The molecule has 6 nitrogen and oxygen atoms in total. The molecule has 3 heterocycles. The minimum Gasteiger partial charge on any atom is -0.492 e. The predicted molar refractivity (Wildman–Crippen MR) is 109 cm³/mol. The molecule has 0 bridgehead atoms. The normalized spacial score (nSPS) is 11.7. The first-order chi connectivity index (χ1) is 13.1. The number of aromatic nitrogens is 4. The fraction of sp³-hybridized carbons (Fsp3) is 0.333. The molecule has 0 fully saturated rings. The molecule has 4 rings (SSSR count). The van der Waals surface area contributed by atoms with Crippen LogP contribution in [0.25, 0.3) is 33.2 Å². The van der Waals surface area contributed by atoms with Crippen molar-refractivity contribution in [1.29, 1.82) is 0 Å². The number of rotatable bonds is 6. The van der Waals surface area contributed by atoms with E-state index in [9.17, 15) is 0 Å². The molecule has 140 valence electrons. The van der Waals surface area contributed by atoms with Crippen LogP contribution in [-0.4, -0.2) is 51.9 Å². The van der Waals surface area contributed by atoms with Gasteiger partial charge in [0.2, 0.25) is 0 Å². The fourth-order valence-corrected chi connectivity index (χ4v) is 3.53. The molecule has 0 amide bonds. The minimum absolute atomic E-state index is 0.682. The number of aromatic amines is 1. The first-order valence-electron chi connectivity index (χ1n) is 9.27. The summed E-state index contributed by atoms with van der Waals surface area (Å²) in [6.07, 6.45) is 4.67. The van der Waals surface area contributed by atoms with E-state index in [0.717, 1.165) is 51.9 Å². The van der Waals surface area contributed by atoms with Crippen LogP contribution in [0, 0.1) is 0 Å². The summed E-state index contributed by atoms with van der Waals surface area (Å²) in [5, 5.41) is 6.63. The van der Waals surface area contributed by atoms with Gasteiger partial charge in [-0.25, -0.2) is 4.98 Å². The highest BCUT2D eigenvalue weighted by Crippen LogP contribution is 2.34. The molecule has 0 aliphatic heterocycles. The number of ether oxygens (including phenoxy) is 1. The molecule has 0 saturated carbocycles. The van der Waals surface area contributed by atoms with Gasteiger partial charge in [0, 0.05) is 30.6 Å². The van der Waals surface area contributed by atoms with Crippen LogP contribution in [0.2, 0.25) is 0 Å². The van der Waals surface area contributed by atoms with Crippen molar-refractivity contribution in [2.24, 2.45) is 7.05 Å². The van der Waals surface area contributed by atoms with Crippen molar-refractivity contribution >= 4 is 21.9 Å². The van der Waals surface area contributed by atoms with Gasteiger partial charge in [-0.1, -0.05) is 6.92 Å². The molecule has 0 unspecified atom stereocenters. The molecule has 3 aromatic heterocycles. The number of H-pyrrole nitrogens is 1. The SMILES string of the molecule is CCc1c(-c2ccc(OCCN(C)C)cc2)[nH]c2ncc3cnn(C)c3c12. The van der Waals surface area contributed by atoms with Gasteiger partial charge in [0.05, 0.1) is 17.4 Å². The number of aryl methyl sites for hydroxylation is 2. The van der Waals surface area contributed by atoms with Gasteiger partial charge in [-0.05, 0) is 55.9 Å². The lowest BCUT2D eigenvalue weighted by Crippen LogP contribution is -2.19. The average Bonchev–Trinajstić information content (AvgIpc) is 3.22. The number of nitrogens with one attached hydrogen (secondary N) is 1. The topological polar surface area (TPSA) is 59.0 Å². The zero-order chi connectivity index (χ0) is 19.0. The molecule has 1 N–H and O–H groups in total. The zero-order valence-electron chi connectivity index (χ0n) is 16.3. The zero-order valence-corrected chi connectivity index (χ0v) is 16.3. The van der Waals surface area contributed by atoms with Gasteiger partial charge in [-0.3, -0.25) is 4.68 Å². The Morgan fingerprint density at radius 2 is 1.93 bits per heavy atom. The van der Waals surface area contributed by atoms with Crippen LogP contribution < -0.4 is 4.74 Å². The van der Waals surface area contributed by atoms with Crippen LogP contribution in [0.5, 0.6) is 5.75 Å². The Kier molecular flexibility index (Phi) is 4.58. The van der Waals surface area contributed by atoms with Gasteiger partial charge < -0.3 is 14.6 Å². The summed E-state index contributed by atoms with van der Waals surface area (Å²) in [6.45, 7) is 3.76. The molecule has 0 aliphatic rings. The highest BCUT2D eigenvalue weighted by molar-refractivity contribution is 6.06. The standard InChI is InChI=1S/C21H25N5O/c1-5-17-18-20-15(13-23-26(20)4)12-22-21(18)24-19(17)14-6-8-16(9-7-14)27-11-10-25(2)3/h6-9,12-13H,5,10-11H2,1-4H3,(H,22,24). The van der Waals surface area contributed by atoms with Gasteiger partial charge in [0.1, 0.15) is 18.0 Å². The van der Waals surface area contributed by atoms with Gasteiger partial charge in [0.15, 0.2) is 0 Å². The van der Waals surface area contributed by atoms with Crippen LogP contribution in [0.4, 0.5) is 0 Å². The number of fused-ring (bicyclic) bond motifs is 3. The quantitative estimate of drug-likeness (QED) is 0.568. The van der Waals surface area contributed by atoms with E-state index in [2.05, 4.69) is 39.0 Å². The second kappa shape index (κ2) is 7.04. The second-order valence-corrected chi connectivity index (χ2v) is 7.06. The van der Waals surface area contributed by atoms with E-state index in [1.165, 1.54) is 5.56 Å². The van der Waals surface area contributed by atoms with Crippen molar-refractivity contribution in [1.82, 2.24) is 24.6 Å². The summed E-state index contributed by atoms with van der Waals surface area (Å²) in [5.41, 5.74) is 5.56. The van der Waals surface area contributed by atoms with Crippen molar-refractivity contribution in [3.05, 3.63) is 42.2 Å². The Morgan fingerprint density at radius 1 is 1.15 bits per heavy atom. The van der Waals surface area contributed by atoms with E-state index < -0.39 is 0 Å². The number of hydrogen-bond acceptors (Lipinski definition) is 4. The maximum absolute atomic E-state index is 5.81. The molecule has 1 aromatic carbocycles. The van der Waals surface area contributed by atoms with Gasteiger partial charge in [-0.15, -0.1) is 0 Å². The Balaban J connectivity index is 1.73. The average molecular weight is 363 g/mol. The second-order valence-electron chi connectivity index (χ2n) is 7.06. The molecule has 27 heavy (non-hydrogen) atoms. The summed E-state index contributed by atoms with van der Waals surface area (Å²) in [5.74, 6) is 0.891. The summed E-state index contributed by atoms with van der Waals surface area (Å²) in [6, 6.07) is 8.27. The van der Waals surface area contributed by atoms with Crippen molar-refractivity contribution in [2.45, 2.75) is 13.3 Å². The predicted octanol–water partition coefficient (Wildman–Crippen LogP) is 3.62. The molecular weight excluding hydrogens is 338 g/mol. The Morgan fingerprint density at radius 3 is 2.63 bits per heavy atom. The Hall–Kier alpha value is -2.86. The Labute approximate surface area is 158 Å². The maximum atomic E-state index is 5.81. The third-order valence-corrected chi connectivity index (χ3v) is 4.92. The van der Waals surface area contributed by atoms with Crippen LogP contribution in [-0.2, 0) is 13.5 Å². The van der Waals surface area contributed by atoms with Gasteiger partial charge in [0.25, 0.3) is 0 Å². The fourth-order valence-electron chi connectivity index (χ4n) is 3.53. The van der Waals surface area contributed by atoms with Gasteiger partial charge in [-0.2, -0.15) is 5.10 Å². The molecule has 6 heteroatoms. The first-order valence-corrected chi connectivity index (χ1v) is 9.27. The van der Waals surface area contributed by atoms with E-state index >= 15 is 0 Å². The van der Waals surface area contributed by atoms with Crippen LogP contribution in [0.3, 0.4) is 0 Å². The van der Waals surface area contributed by atoms with E-state index in [1.807, 2.05) is 50.4 Å². The highest BCUT2D eigenvalue weighted by Gasteiger charge is 2.17. The molecule has 0 aliphatic carbocycles. The van der Waals surface area contributed by atoms with E-state index in [-0.39, 0.29) is 0 Å². The summed E-state index contributed by atoms with van der Waals surface area (Å²) in [7, 11) is 6.07. The van der Waals surface area contributed by atoms with Crippen LogP contribution in [0.15, 0.2) is 36.7 Å². The lowest BCUT2D eigenvalue weighted by molar-refractivity contribution is 0.261. The minimum atomic E-state index is 0.682. The lowest BCUT2D eigenvalue weighted by Gasteiger charge is -2.11. The van der Waals surface area contributed by atoms with Crippen LogP contribution in [0.1, 0.15) is 12.5 Å². The third-order valence-electron chi connectivity index (χ3n) is 4.92. The van der Waals surface area contributed by atoms with Crippen LogP contribution >= 0.6 is 0 Å². The third kappa shape index (κ3) is 3.17. The molecule has 0 atom stereocenters. The van der Waals surface area contributed by atoms with E-state index in [4.69, 9.17) is 4.74 Å². The van der Waals surface area contributed by atoms with Gasteiger partial charge >= 0.3 is 0 Å². The molecule has 0 spiro atoms. The number of benzene rings is 1. The maximum Gasteiger partial charge on any atom is 0.140 e. The number of nitrogens with zero attached hydrogens (tertiary/aromatic N) is 4. The molecular formula is C21H25N5O. The van der Waals surface area contributed by atoms with Crippen molar-refractivity contribution < 1.29 is 4.74 Å².